The van der Waals surface area contributed by atoms with Gasteiger partial charge in [-0.15, -0.1) is 0 Å². The van der Waals surface area contributed by atoms with Gasteiger partial charge in [-0.25, -0.2) is 9.13 Å². The number of aliphatic hydroxyl groups is 1. The van der Waals surface area contributed by atoms with E-state index < -0.39 is 97.5 Å². The highest BCUT2D eigenvalue weighted by atomic mass is 31.2. The van der Waals surface area contributed by atoms with Crippen LogP contribution in [0.15, 0.2) is 0 Å². The number of carbonyl (C=O) groups excluding carboxylic acids is 4. The van der Waals surface area contributed by atoms with Gasteiger partial charge in [0.15, 0.2) is 12.2 Å². The van der Waals surface area contributed by atoms with E-state index in [4.69, 9.17) is 37.0 Å². The molecule has 17 nitrogen and oxygen atoms in total. The molecule has 0 rings (SSSR count). The van der Waals surface area contributed by atoms with E-state index in [0.717, 1.165) is 102 Å². The predicted molar refractivity (Wildman–Crippen MR) is 377 cm³/mol. The van der Waals surface area contributed by atoms with Crippen LogP contribution in [0.2, 0.25) is 0 Å². The van der Waals surface area contributed by atoms with Crippen LogP contribution in [0.1, 0.15) is 376 Å². The molecule has 93 heavy (non-hydrogen) atoms. The van der Waals surface area contributed by atoms with Crippen LogP contribution < -0.4 is 0 Å². The van der Waals surface area contributed by atoms with Crippen LogP contribution in [0.5, 0.6) is 0 Å². The number of hydrogen-bond acceptors (Lipinski definition) is 15. The molecule has 0 bridgehead atoms. The van der Waals surface area contributed by atoms with Crippen LogP contribution in [0.3, 0.4) is 0 Å². The Hall–Kier alpha value is -1.94. The molecule has 0 aliphatic carbocycles. The van der Waals surface area contributed by atoms with E-state index in [2.05, 4.69) is 48.5 Å². The maximum Gasteiger partial charge on any atom is 0.472 e. The minimum Gasteiger partial charge on any atom is -0.462 e. The average molecular weight is 1370 g/mol. The van der Waals surface area contributed by atoms with Crippen LogP contribution in [-0.2, 0) is 65.4 Å². The first-order valence-electron chi connectivity index (χ1n) is 38.3. The normalized spacial score (nSPS) is 14.1. The Labute approximate surface area is 568 Å². The first-order chi connectivity index (χ1) is 44.7. The highest BCUT2D eigenvalue weighted by molar-refractivity contribution is 7.47. The second-order valence-electron chi connectivity index (χ2n) is 28.1. The maximum absolute atomic E-state index is 13.1. The quantitative estimate of drug-likeness (QED) is 0.0222. The highest BCUT2D eigenvalue weighted by Crippen LogP contribution is 2.45. The van der Waals surface area contributed by atoms with Crippen molar-refractivity contribution in [2.24, 2.45) is 17.8 Å². The summed E-state index contributed by atoms with van der Waals surface area (Å²) in [5.41, 5.74) is 0. The molecular weight excluding hydrogens is 1220 g/mol. The van der Waals surface area contributed by atoms with Gasteiger partial charge < -0.3 is 33.8 Å². The molecule has 0 amide bonds. The summed E-state index contributed by atoms with van der Waals surface area (Å²) in [7, 11) is -9.91. The van der Waals surface area contributed by atoms with Crippen molar-refractivity contribution in [3.63, 3.8) is 0 Å². The molecule has 0 fully saturated rings. The number of phosphoric ester groups is 2. The summed E-state index contributed by atoms with van der Waals surface area (Å²) in [4.78, 5) is 72.6. The van der Waals surface area contributed by atoms with Crippen molar-refractivity contribution in [1.82, 2.24) is 0 Å². The van der Waals surface area contributed by atoms with Crippen molar-refractivity contribution in [3.05, 3.63) is 0 Å². The van der Waals surface area contributed by atoms with E-state index in [1.165, 1.54) is 180 Å². The standard InChI is InChI=1S/C74H144O17P2/c1-8-9-10-11-12-13-14-15-16-17-18-19-20-21-22-23-28-35-43-50-57-73(78)90-69(61-84-71(76)55-48-41-34-27-25-24-26-31-38-45-52-65(2)3)63-88-92(80,81)86-59-68(75)60-87-93(82,83)89-64-70(91-74(79)58-51-44-37-30-33-40-47-54-67(6)7)62-85-72(77)56-49-42-36-29-32-39-46-53-66(4)5/h65-70,75H,8-64H2,1-7H3,(H,80,81)(H,82,83)/t68-,69-,70-/m1/s1. The van der Waals surface area contributed by atoms with Gasteiger partial charge in [-0.05, 0) is 43.4 Å². The molecule has 0 spiro atoms. The molecule has 0 aromatic rings. The third-order valence-corrected chi connectivity index (χ3v) is 19.0. The molecule has 552 valence electrons. The second kappa shape index (κ2) is 64.7. The largest absolute Gasteiger partial charge is 0.472 e. The van der Waals surface area contributed by atoms with Crippen molar-refractivity contribution in [2.75, 3.05) is 39.6 Å². The lowest BCUT2D eigenvalue weighted by Gasteiger charge is -2.21. The molecule has 0 radical (unpaired) electrons. The van der Waals surface area contributed by atoms with Gasteiger partial charge in [0.25, 0.3) is 0 Å². The molecule has 3 N–H and O–H groups in total. The first-order valence-corrected chi connectivity index (χ1v) is 41.3. The Morgan fingerprint density at radius 3 is 0.731 bits per heavy atom. The Morgan fingerprint density at radius 1 is 0.290 bits per heavy atom. The number of carbonyl (C=O) groups is 4. The number of unbranched alkanes of at least 4 members (excludes halogenated alkanes) is 40. The fourth-order valence-electron chi connectivity index (χ4n) is 11.2. The van der Waals surface area contributed by atoms with E-state index in [9.17, 15) is 43.2 Å². The van der Waals surface area contributed by atoms with Gasteiger partial charge in [-0.2, -0.15) is 0 Å². The lowest BCUT2D eigenvalue weighted by Crippen LogP contribution is -2.30. The van der Waals surface area contributed by atoms with Gasteiger partial charge in [0, 0.05) is 25.7 Å². The summed E-state index contributed by atoms with van der Waals surface area (Å²) < 4.78 is 68.4. The average Bonchev–Trinajstić information content (AvgIpc) is 1.55. The van der Waals surface area contributed by atoms with E-state index >= 15 is 0 Å². The van der Waals surface area contributed by atoms with E-state index in [1.807, 2.05) is 0 Å². The molecule has 0 aliphatic rings. The second-order valence-corrected chi connectivity index (χ2v) is 31.0. The SMILES string of the molecule is CCCCCCCCCCCCCCCCCCCCCCC(=O)O[C@H](COC(=O)CCCCCCCCCCCCC(C)C)COP(=O)(O)OC[C@@H](O)COP(=O)(O)OC[C@@H](COC(=O)CCCCCCCCCC(C)C)OC(=O)CCCCCCCCCC(C)C. The van der Waals surface area contributed by atoms with Crippen LogP contribution in [-0.4, -0.2) is 96.7 Å². The summed E-state index contributed by atoms with van der Waals surface area (Å²) in [6.07, 6.45) is 50.3. The molecule has 0 saturated carbocycles. The van der Waals surface area contributed by atoms with Gasteiger partial charge in [0.1, 0.15) is 19.3 Å². The number of ether oxygens (including phenoxy) is 4. The third-order valence-electron chi connectivity index (χ3n) is 17.1. The molecule has 0 heterocycles. The summed E-state index contributed by atoms with van der Waals surface area (Å²) in [6, 6.07) is 0. The topological polar surface area (TPSA) is 237 Å². The third kappa shape index (κ3) is 68.4. The molecule has 2 unspecified atom stereocenters. The fraction of sp³-hybridized carbons (Fsp3) is 0.946. The zero-order valence-corrected chi connectivity index (χ0v) is 62.5. The summed E-state index contributed by atoms with van der Waals surface area (Å²) in [5, 5.41) is 10.6. The molecule has 0 aliphatic heterocycles. The van der Waals surface area contributed by atoms with Crippen LogP contribution >= 0.6 is 15.6 Å². The van der Waals surface area contributed by atoms with E-state index in [-0.39, 0.29) is 25.7 Å². The number of hydrogen-bond donors (Lipinski definition) is 3. The summed E-state index contributed by atoms with van der Waals surface area (Å²) in [6.45, 7) is 11.7. The van der Waals surface area contributed by atoms with Crippen molar-refractivity contribution < 1.29 is 80.2 Å². The van der Waals surface area contributed by atoms with Gasteiger partial charge >= 0.3 is 39.5 Å². The summed E-state index contributed by atoms with van der Waals surface area (Å²) >= 11 is 0. The molecule has 0 aromatic carbocycles. The van der Waals surface area contributed by atoms with Gasteiger partial charge in [0.2, 0.25) is 0 Å². The zero-order valence-electron chi connectivity index (χ0n) is 60.7. The lowest BCUT2D eigenvalue weighted by molar-refractivity contribution is -0.161. The fourth-order valence-corrected chi connectivity index (χ4v) is 12.8. The van der Waals surface area contributed by atoms with Crippen LogP contribution in [0, 0.1) is 17.8 Å². The molecule has 0 saturated heterocycles. The Morgan fingerprint density at radius 2 is 0.495 bits per heavy atom. The molecule has 0 aromatic heterocycles. The Kier molecular flexibility index (Phi) is 63.4. The van der Waals surface area contributed by atoms with Crippen molar-refractivity contribution in [1.29, 1.82) is 0 Å². The minimum atomic E-state index is -4.96. The molecule has 19 heteroatoms. The Balaban J connectivity index is 5.20. The van der Waals surface area contributed by atoms with Crippen molar-refractivity contribution >= 4 is 39.5 Å². The monoisotopic (exact) mass is 1370 g/mol. The van der Waals surface area contributed by atoms with Gasteiger partial charge in [-0.3, -0.25) is 37.3 Å². The number of phosphoric acid groups is 2. The number of esters is 4. The van der Waals surface area contributed by atoms with Crippen LogP contribution in [0.25, 0.3) is 0 Å². The first kappa shape index (κ1) is 91.1. The maximum atomic E-state index is 13.1. The molecule has 5 atom stereocenters. The Bertz CT molecular complexity index is 1820. The smallest absolute Gasteiger partial charge is 0.462 e. The van der Waals surface area contributed by atoms with Crippen molar-refractivity contribution in [2.45, 2.75) is 394 Å². The van der Waals surface area contributed by atoms with E-state index in [0.29, 0.717) is 37.5 Å². The van der Waals surface area contributed by atoms with Gasteiger partial charge in [0.05, 0.1) is 26.4 Å². The summed E-state index contributed by atoms with van der Waals surface area (Å²) in [5.74, 6) is 0.0339. The van der Waals surface area contributed by atoms with Crippen molar-refractivity contribution in [3.8, 4) is 0 Å². The highest BCUT2D eigenvalue weighted by Gasteiger charge is 2.30. The van der Waals surface area contributed by atoms with E-state index in [1.54, 1.807) is 0 Å². The number of rotatable bonds is 72. The number of aliphatic hydroxyl groups excluding tert-OH is 1. The predicted octanol–water partition coefficient (Wildman–Crippen LogP) is 21.4. The molecular formula is C74H144O17P2. The van der Waals surface area contributed by atoms with Gasteiger partial charge in [-0.1, -0.05) is 325 Å². The zero-order chi connectivity index (χ0) is 68.7. The lowest BCUT2D eigenvalue weighted by atomic mass is 10.0. The van der Waals surface area contributed by atoms with Crippen LogP contribution in [0.4, 0.5) is 0 Å². The minimum absolute atomic E-state index is 0.103.